The Bertz CT molecular complexity index is 697. The van der Waals surface area contributed by atoms with Gasteiger partial charge in [-0.05, 0) is 55.0 Å². The summed E-state index contributed by atoms with van der Waals surface area (Å²) in [5, 5.41) is 13.0. The van der Waals surface area contributed by atoms with Crippen molar-refractivity contribution in [1.82, 2.24) is 5.43 Å². The summed E-state index contributed by atoms with van der Waals surface area (Å²) >= 11 is 0. The molecule has 0 spiro atoms. The third kappa shape index (κ3) is 3.62. The van der Waals surface area contributed by atoms with Crippen LogP contribution in [0.4, 0.5) is 8.78 Å². The molecule has 0 aliphatic carbocycles. The number of carbonyl (C=O) groups is 1. The summed E-state index contributed by atoms with van der Waals surface area (Å²) in [7, 11) is 0. The van der Waals surface area contributed by atoms with E-state index >= 15 is 0 Å². The fraction of sp³-hybridized carbons (Fsp3) is 0.0667. The molecule has 0 aliphatic heterocycles. The lowest BCUT2D eigenvalue weighted by Crippen LogP contribution is -2.20. The molecule has 0 aromatic heterocycles. The number of nitrogens with one attached hydrogen (secondary N) is 1. The van der Waals surface area contributed by atoms with Gasteiger partial charge >= 0.3 is 0 Å². The molecule has 4 nitrogen and oxygen atoms in total. The second kappa shape index (κ2) is 6.13. The Morgan fingerprint density at radius 2 is 1.81 bits per heavy atom. The summed E-state index contributed by atoms with van der Waals surface area (Å²) in [6.07, 6.45) is 0. The monoisotopic (exact) mass is 290 g/mol. The number of aromatic hydroxyl groups is 1. The van der Waals surface area contributed by atoms with Gasteiger partial charge < -0.3 is 5.11 Å². The predicted octanol–water partition coefficient (Wildman–Crippen LogP) is 2.82. The van der Waals surface area contributed by atoms with E-state index in [2.05, 4.69) is 10.5 Å². The Morgan fingerprint density at radius 3 is 2.48 bits per heavy atom. The van der Waals surface area contributed by atoms with Crippen molar-refractivity contribution in [3.8, 4) is 5.75 Å². The van der Waals surface area contributed by atoms with Gasteiger partial charge in [0.25, 0.3) is 5.91 Å². The van der Waals surface area contributed by atoms with E-state index < -0.39 is 23.1 Å². The van der Waals surface area contributed by atoms with Crippen LogP contribution in [0.25, 0.3) is 0 Å². The number of benzene rings is 2. The van der Waals surface area contributed by atoms with Gasteiger partial charge in [0.15, 0.2) is 0 Å². The third-order valence-electron chi connectivity index (χ3n) is 2.78. The fourth-order valence-electron chi connectivity index (χ4n) is 1.63. The lowest BCUT2D eigenvalue weighted by Gasteiger charge is -2.04. The van der Waals surface area contributed by atoms with Crippen LogP contribution in [0, 0.1) is 11.6 Å². The SMILES string of the molecule is CC(=NNC(=O)c1cc(F)ccc1F)c1ccc(O)cc1. The fourth-order valence-corrected chi connectivity index (χ4v) is 1.63. The van der Waals surface area contributed by atoms with Gasteiger partial charge in [-0.25, -0.2) is 14.2 Å². The highest BCUT2D eigenvalue weighted by Gasteiger charge is 2.12. The summed E-state index contributed by atoms with van der Waals surface area (Å²) in [4.78, 5) is 11.7. The zero-order valence-electron chi connectivity index (χ0n) is 11.1. The molecular weight excluding hydrogens is 278 g/mol. The molecule has 2 aromatic rings. The van der Waals surface area contributed by atoms with Gasteiger partial charge in [-0.1, -0.05) is 0 Å². The molecule has 0 heterocycles. The zero-order chi connectivity index (χ0) is 15.4. The van der Waals surface area contributed by atoms with Crippen molar-refractivity contribution in [1.29, 1.82) is 0 Å². The molecule has 0 atom stereocenters. The largest absolute Gasteiger partial charge is 0.508 e. The number of phenols is 1. The minimum Gasteiger partial charge on any atom is -0.508 e. The Kier molecular flexibility index (Phi) is 4.27. The van der Waals surface area contributed by atoms with Gasteiger partial charge in [-0.2, -0.15) is 5.10 Å². The molecule has 0 saturated carbocycles. The van der Waals surface area contributed by atoms with E-state index in [-0.39, 0.29) is 5.75 Å². The van der Waals surface area contributed by atoms with Crippen molar-refractivity contribution in [2.75, 3.05) is 0 Å². The van der Waals surface area contributed by atoms with Crippen LogP contribution in [-0.2, 0) is 0 Å². The number of hydrazone groups is 1. The molecule has 2 aromatic carbocycles. The Balaban J connectivity index is 2.14. The average Bonchev–Trinajstić information content (AvgIpc) is 2.47. The van der Waals surface area contributed by atoms with Crippen LogP contribution in [0.3, 0.4) is 0 Å². The molecule has 2 rings (SSSR count). The smallest absolute Gasteiger partial charge is 0.274 e. The Morgan fingerprint density at radius 1 is 1.14 bits per heavy atom. The standard InChI is InChI=1S/C15H12F2N2O2/c1-9(10-2-5-12(20)6-3-10)18-19-15(21)13-8-11(16)4-7-14(13)17/h2-8,20H,1H3,(H,19,21). The molecule has 0 radical (unpaired) electrons. The maximum Gasteiger partial charge on any atom is 0.274 e. The van der Waals surface area contributed by atoms with E-state index in [9.17, 15) is 18.7 Å². The molecule has 21 heavy (non-hydrogen) atoms. The second-order valence-corrected chi connectivity index (χ2v) is 4.31. The number of rotatable bonds is 3. The van der Waals surface area contributed by atoms with Crippen molar-refractivity contribution >= 4 is 11.6 Å². The van der Waals surface area contributed by atoms with E-state index in [1.807, 2.05) is 0 Å². The molecule has 1 amide bonds. The highest BCUT2D eigenvalue weighted by molar-refractivity contribution is 6.00. The van der Waals surface area contributed by atoms with E-state index in [0.29, 0.717) is 11.3 Å². The second-order valence-electron chi connectivity index (χ2n) is 4.31. The predicted molar refractivity (Wildman–Crippen MR) is 74.1 cm³/mol. The van der Waals surface area contributed by atoms with Crippen molar-refractivity contribution in [3.05, 3.63) is 65.2 Å². The summed E-state index contributed by atoms with van der Waals surface area (Å²) in [6.45, 7) is 1.63. The molecule has 0 bridgehead atoms. The molecular formula is C15H12F2N2O2. The Labute approximate surface area is 119 Å². The van der Waals surface area contributed by atoms with Gasteiger partial charge in [0.05, 0.1) is 11.3 Å². The number of hydrogen-bond donors (Lipinski definition) is 2. The molecule has 0 saturated heterocycles. The van der Waals surface area contributed by atoms with Gasteiger partial charge in [-0.3, -0.25) is 4.79 Å². The zero-order valence-corrected chi connectivity index (χ0v) is 11.1. The van der Waals surface area contributed by atoms with E-state index in [0.717, 1.165) is 18.2 Å². The van der Waals surface area contributed by atoms with Crippen LogP contribution in [0.2, 0.25) is 0 Å². The molecule has 108 valence electrons. The van der Waals surface area contributed by atoms with Gasteiger partial charge in [0.1, 0.15) is 17.4 Å². The first-order valence-corrected chi connectivity index (χ1v) is 6.06. The van der Waals surface area contributed by atoms with Crippen LogP contribution in [0.1, 0.15) is 22.8 Å². The van der Waals surface area contributed by atoms with Gasteiger partial charge in [0.2, 0.25) is 0 Å². The first-order valence-electron chi connectivity index (χ1n) is 6.06. The third-order valence-corrected chi connectivity index (χ3v) is 2.78. The van der Waals surface area contributed by atoms with Crippen molar-refractivity contribution < 1.29 is 18.7 Å². The topological polar surface area (TPSA) is 61.7 Å². The van der Waals surface area contributed by atoms with E-state index in [1.54, 1.807) is 19.1 Å². The molecule has 6 heteroatoms. The molecule has 0 fully saturated rings. The summed E-state index contributed by atoms with van der Waals surface area (Å²) in [5.74, 6) is -2.27. The number of hydrogen-bond acceptors (Lipinski definition) is 3. The Hall–Kier alpha value is -2.76. The average molecular weight is 290 g/mol. The number of nitrogens with zero attached hydrogens (tertiary/aromatic N) is 1. The highest BCUT2D eigenvalue weighted by Crippen LogP contribution is 2.11. The lowest BCUT2D eigenvalue weighted by molar-refractivity contribution is 0.0950. The number of amides is 1. The quantitative estimate of drug-likeness (QED) is 0.674. The first-order chi connectivity index (χ1) is 9.97. The van der Waals surface area contributed by atoms with Gasteiger partial charge in [0, 0.05) is 0 Å². The van der Waals surface area contributed by atoms with Crippen LogP contribution in [0.5, 0.6) is 5.75 Å². The van der Waals surface area contributed by atoms with Crippen molar-refractivity contribution in [3.63, 3.8) is 0 Å². The number of halogens is 2. The van der Waals surface area contributed by atoms with Crippen molar-refractivity contribution in [2.45, 2.75) is 6.92 Å². The van der Waals surface area contributed by atoms with Crippen LogP contribution >= 0.6 is 0 Å². The number of carbonyl (C=O) groups excluding carboxylic acids is 1. The molecule has 2 N–H and O–H groups in total. The molecule has 0 aliphatic rings. The van der Waals surface area contributed by atoms with E-state index in [4.69, 9.17) is 0 Å². The first kappa shape index (κ1) is 14.6. The highest BCUT2D eigenvalue weighted by atomic mass is 19.1. The number of phenolic OH excluding ortho intramolecular Hbond substituents is 1. The summed E-state index contributed by atoms with van der Waals surface area (Å²) in [5.41, 5.74) is 2.87. The van der Waals surface area contributed by atoms with E-state index in [1.165, 1.54) is 12.1 Å². The van der Waals surface area contributed by atoms with Crippen LogP contribution in [0.15, 0.2) is 47.6 Å². The minimum atomic E-state index is -0.842. The summed E-state index contributed by atoms with van der Waals surface area (Å²) in [6, 6.07) is 8.78. The maximum atomic E-state index is 13.4. The lowest BCUT2D eigenvalue weighted by atomic mass is 10.1. The maximum absolute atomic E-state index is 13.4. The molecule has 0 unspecified atom stereocenters. The van der Waals surface area contributed by atoms with Crippen molar-refractivity contribution in [2.24, 2.45) is 5.10 Å². The summed E-state index contributed by atoms with van der Waals surface area (Å²) < 4.78 is 26.4. The van der Waals surface area contributed by atoms with Crippen LogP contribution < -0.4 is 5.43 Å². The van der Waals surface area contributed by atoms with Gasteiger partial charge in [-0.15, -0.1) is 0 Å². The van der Waals surface area contributed by atoms with Crippen LogP contribution in [-0.4, -0.2) is 16.7 Å². The normalized spacial score (nSPS) is 11.3. The minimum absolute atomic E-state index is 0.109.